The second kappa shape index (κ2) is 5.89. The maximum absolute atomic E-state index is 6.21. The fourth-order valence-electron chi connectivity index (χ4n) is 3.88. The highest BCUT2D eigenvalue weighted by molar-refractivity contribution is 5.08. The Balaban J connectivity index is 2.05. The summed E-state index contributed by atoms with van der Waals surface area (Å²) in [6, 6.07) is 0.716. The Morgan fingerprint density at radius 2 is 2.11 bits per heavy atom. The summed E-state index contributed by atoms with van der Waals surface area (Å²) in [7, 11) is 2.30. The van der Waals surface area contributed by atoms with Gasteiger partial charge >= 0.3 is 0 Å². The second-order valence-electron chi connectivity index (χ2n) is 6.71. The molecule has 0 aliphatic carbocycles. The number of hydrogen-bond acceptors (Lipinski definition) is 3. The highest BCUT2D eigenvalue weighted by atomic mass is 15.3. The van der Waals surface area contributed by atoms with Crippen molar-refractivity contribution >= 4 is 0 Å². The lowest BCUT2D eigenvalue weighted by atomic mass is 9.83. The maximum atomic E-state index is 6.21. The van der Waals surface area contributed by atoms with Crippen LogP contribution in [0.25, 0.3) is 0 Å². The average Bonchev–Trinajstić information content (AvgIpc) is 2.76. The molecular formula is C15H31N3. The number of likely N-dealkylation sites (N-methyl/N-ethyl adjacent to an activating group) is 1. The van der Waals surface area contributed by atoms with Crippen LogP contribution in [0.15, 0.2) is 0 Å². The number of nitrogens with zero attached hydrogens (tertiary/aromatic N) is 2. The molecule has 106 valence electrons. The molecule has 0 amide bonds. The highest BCUT2D eigenvalue weighted by Crippen LogP contribution is 2.38. The third-order valence-corrected chi connectivity index (χ3v) is 5.22. The molecule has 18 heavy (non-hydrogen) atoms. The summed E-state index contributed by atoms with van der Waals surface area (Å²) in [6.45, 7) is 9.19. The van der Waals surface area contributed by atoms with Crippen molar-refractivity contribution in [2.24, 2.45) is 11.7 Å². The first kappa shape index (κ1) is 14.3. The molecule has 0 bridgehead atoms. The van der Waals surface area contributed by atoms with Crippen LogP contribution in [0.5, 0.6) is 0 Å². The Kier molecular flexibility index (Phi) is 4.68. The van der Waals surface area contributed by atoms with Gasteiger partial charge in [-0.1, -0.05) is 20.3 Å². The Labute approximate surface area is 113 Å². The Hall–Kier alpha value is -0.120. The molecule has 2 aliphatic heterocycles. The molecule has 3 nitrogen and oxygen atoms in total. The molecule has 2 atom stereocenters. The van der Waals surface area contributed by atoms with Crippen molar-refractivity contribution in [3.05, 3.63) is 0 Å². The minimum absolute atomic E-state index is 0.259. The first-order valence-electron chi connectivity index (χ1n) is 7.75. The first-order valence-corrected chi connectivity index (χ1v) is 7.75. The molecular weight excluding hydrogens is 222 g/mol. The normalized spacial score (nSPS) is 33.3. The SMILES string of the molecule is CC(C)CCN(C)C1(CN)CCN2CCCCC21. The number of fused-ring (bicyclic) bond motifs is 1. The maximum Gasteiger partial charge on any atom is 0.0496 e. The number of hydrogen-bond donors (Lipinski definition) is 1. The molecule has 2 rings (SSSR count). The van der Waals surface area contributed by atoms with E-state index in [2.05, 4.69) is 30.7 Å². The average molecular weight is 253 g/mol. The van der Waals surface area contributed by atoms with Gasteiger partial charge in [0.25, 0.3) is 0 Å². The van der Waals surface area contributed by atoms with Crippen molar-refractivity contribution in [3.63, 3.8) is 0 Å². The van der Waals surface area contributed by atoms with Crippen LogP contribution in [-0.2, 0) is 0 Å². The van der Waals surface area contributed by atoms with Crippen molar-refractivity contribution < 1.29 is 0 Å². The van der Waals surface area contributed by atoms with Gasteiger partial charge in [0.15, 0.2) is 0 Å². The molecule has 2 unspecified atom stereocenters. The lowest BCUT2D eigenvalue weighted by molar-refractivity contribution is 0.0534. The number of nitrogens with two attached hydrogens (primary N) is 1. The third-order valence-electron chi connectivity index (χ3n) is 5.22. The highest BCUT2D eigenvalue weighted by Gasteiger charge is 2.49. The molecule has 0 aromatic rings. The quantitative estimate of drug-likeness (QED) is 0.812. The van der Waals surface area contributed by atoms with Crippen molar-refractivity contribution in [1.29, 1.82) is 0 Å². The zero-order valence-electron chi connectivity index (χ0n) is 12.5. The monoisotopic (exact) mass is 253 g/mol. The van der Waals surface area contributed by atoms with E-state index < -0.39 is 0 Å². The Morgan fingerprint density at radius 1 is 1.33 bits per heavy atom. The standard InChI is InChI=1S/C15H31N3/c1-13(2)7-10-17(3)15(12-16)8-11-18-9-5-4-6-14(15)18/h13-14H,4-12,16H2,1-3H3. The molecule has 2 N–H and O–H groups in total. The van der Waals surface area contributed by atoms with Gasteiger partial charge in [0, 0.05) is 24.7 Å². The van der Waals surface area contributed by atoms with Crippen molar-refractivity contribution in [2.45, 2.75) is 57.5 Å². The summed E-state index contributed by atoms with van der Waals surface area (Å²) < 4.78 is 0. The summed E-state index contributed by atoms with van der Waals surface area (Å²) in [5, 5.41) is 0. The molecule has 0 saturated carbocycles. The van der Waals surface area contributed by atoms with Gasteiger partial charge in [0.2, 0.25) is 0 Å². The molecule has 0 aromatic heterocycles. The first-order chi connectivity index (χ1) is 8.60. The summed E-state index contributed by atoms with van der Waals surface area (Å²) >= 11 is 0. The summed E-state index contributed by atoms with van der Waals surface area (Å²) in [6.07, 6.45) is 6.67. The van der Waals surface area contributed by atoms with Crippen LogP contribution in [0.4, 0.5) is 0 Å². The van der Waals surface area contributed by atoms with E-state index in [1.54, 1.807) is 0 Å². The van der Waals surface area contributed by atoms with E-state index in [4.69, 9.17) is 5.73 Å². The minimum Gasteiger partial charge on any atom is -0.329 e. The molecule has 3 heteroatoms. The van der Waals surface area contributed by atoms with Crippen LogP contribution in [0.1, 0.15) is 46.0 Å². The van der Waals surface area contributed by atoms with Gasteiger partial charge in [-0.15, -0.1) is 0 Å². The van der Waals surface area contributed by atoms with Crippen LogP contribution in [0.3, 0.4) is 0 Å². The lowest BCUT2D eigenvalue weighted by Gasteiger charge is -2.46. The second-order valence-corrected chi connectivity index (χ2v) is 6.71. The molecule has 0 aromatic carbocycles. The van der Waals surface area contributed by atoms with Crippen molar-refractivity contribution in [1.82, 2.24) is 9.80 Å². The van der Waals surface area contributed by atoms with Crippen molar-refractivity contribution in [2.75, 3.05) is 33.2 Å². The summed E-state index contributed by atoms with van der Waals surface area (Å²) in [4.78, 5) is 5.28. The van der Waals surface area contributed by atoms with E-state index in [1.165, 1.54) is 51.7 Å². The van der Waals surface area contributed by atoms with Crippen LogP contribution < -0.4 is 5.73 Å². The smallest absolute Gasteiger partial charge is 0.0496 e. The van der Waals surface area contributed by atoms with Crippen LogP contribution in [-0.4, -0.2) is 54.6 Å². The van der Waals surface area contributed by atoms with Gasteiger partial charge in [0.1, 0.15) is 0 Å². The Bertz CT molecular complexity index is 266. The summed E-state index contributed by atoms with van der Waals surface area (Å²) in [5.41, 5.74) is 6.47. The summed E-state index contributed by atoms with van der Waals surface area (Å²) in [5.74, 6) is 0.783. The lowest BCUT2D eigenvalue weighted by Crippen LogP contribution is -2.60. The van der Waals surface area contributed by atoms with Crippen molar-refractivity contribution in [3.8, 4) is 0 Å². The van der Waals surface area contributed by atoms with E-state index >= 15 is 0 Å². The molecule has 2 heterocycles. The molecule has 0 radical (unpaired) electrons. The van der Waals surface area contributed by atoms with E-state index in [1.807, 2.05) is 0 Å². The molecule has 2 saturated heterocycles. The zero-order valence-corrected chi connectivity index (χ0v) is 12.5. The van der Waals surface area contributed by atoms with Crippen LogP contribution in [0, 0.1) is 5.92 Å². The van der Waals surface area contributed by atoms with E-state index in [-0.39, 0.29) is 5.54 Å². The Morgan fingerprint density at radius 3 is 2.78 bits per heavy atom. The van der Waals surface area contributed by atoms with E-state index in [0.29, 0.717) is 6.04 Å². The fourth-order valence-corrected chi connectivity index (χ4v) is 3.88. The van der Waals surface area contributed by atoms with Crippen LogP contribution >= 0.6 is 0 Å². The van der Waals surface area contributed by atoms with Gasteiger partial charge in [-0.05, 0) is 51.7 Å². The molecule has 0 spiro atoms. The predicted molar refractivity (Wildman–Crippen MR) is 77.7 cm³/mol. The minimum atomic E-state index is 0.259. The van der Waals surface area contributed by atoms with Crippen LogP contribution in [0.2, 0.25) is 0 Å². The zero-order chi connectivity index (χ0) is 13.2. The molecule has 2 fully saturated rings. The topological polar surface area (TPSA) is 32.5 Å². The molecule has 2 aliphatic rings. The van der Waals surface area contributed by atoms with Gasteiger partial charge in [-0.2, -0.15) is 0 Å². The van der Waals surface area contributed by atoms with Gasteiger partial charge in [-0.3, -0.25) is 9.80 Å². The number of rotatable bonds is 5. The largest absolute Gasteiger partial charge is 0.329 e. The van der Waals surface area contributed by atoms with E-state index in [9.17, 15) is 0 Å². The fraction of sp³-hybridized carbons (Fsp3) is 1.00. The van der Waals surface area contributed by atoms with Gasteiger partial charge in [0.05, 0.1) is 0 Å². The predicted octanol–water partition coefficient (Wildman–Crippen LogP) is 1.92. The third kappa shape index (κ3) is 2.59. The van der Waals surface area contributed by atoms with E-state index in [0.717, 1.165) is 12.5 Å². The number of piperidine rings is 1. The van der Waals surface area contributed by atoms with Gasteiger partial charge < -0.3 is 5.73 Å². The van der Waals surface area contributed by atoms with Gasteiger partial charge in [-0.25, -0.2) is 0 Å².